The van der Waals surface area contributed by atoms with Crippen molar-refractivity contribution in [1.82, 2.24) is 15.5 Å². The van der Waals surface area contributed by atoms with Crippen LogP contribution < -0.4 is 20.1 Å². The van der Waals surface area contributed by atoms with Crippen LogP contribution in [0.1, 0.15) is 45.1 Å². The minimum Gasteiger partial charge on any atom is -0.493 e. The first-order chi connectivity index (χ1) is 15.7. The van der Waals surface area contributed by atoms with Crippen LogP contribution in [0.4, 0.5) is 0 Å². The minimum atomic E-state index is 0.499. The van der Waals surface area contributed by atoms with Gasteiger partial charge in [-0.3, -0.25) is 4.99 Å². The zero-order valence-corrected chi connectivity index (χ0v) is 20.2. The van der Waals surface area contributed by atoms with Crippen LogP contribution in [0.5, 0.6) is 11.5 Å². The molecule has 2 aliphatic heterocycles. The number of hydrogen-bond donors (Lipinski definition) is 2. The van der Waals surface area contributed by atoms with Gasteiger partial charge in [0.15, 0.2) is 17.5 Å². The number of ether oxygens (including phenoxy) is 3. The van der Waals surface area contributed by atoms with Gasteiger partial charge in [0.1, 0.15) is 0 Å². The maximum atomic E-state index is 5.69. The number of hydrogen-bond acceptors (Lipinski definition) is 5. The molecule has 180 valence electrons. The van der Waals surface area contributed by atoms with Gasteiger partial charge in [-0.2, -0.15) is 0 Å². The smallest absolute Gasteiger partial charge is 0.191 e. The molecule has 0 radical (unpaired) electrons. The highest BCUT2D eigenvalue weighted by Gasteiger charge is 2.24. The number of nitrogens with zero attached hydrogens (tertiary/aromatic N) is 2. The third-order valence-electron chi connectivity index (χ3n) is 6.23. The summed E-state index contributed by atoms with van der Waals surface area (Å²) in [6.07, 6.45) is 5.53. The van der Waals surface area contributed by atoms with E-state index in [1.54, 1.807) is 7.11 Å². The Morgan fingerprint density at radius 1 is 1.19 bits per heavy atom. The summed E-state index contributed by atoms with van der Waals surface area (Å²) in [7, 11) is 1.68. The van der Waals surface area contributed by atoms with E-state index in [-0.39, 0.29) is 0 Å². The van der Waals surface area contributed by atoms with E-state index in [4.69, 9.17) is 19.2 Å². The average Bonchev–Trinajstić information content (AvgIpc) is 3.31. The van der Waals surface area contributed by atoms with E-state index in [2.05, 4.69) is 34.6 Å². The number of aliphatic imine (C=N–C) groups is 1. The van der Waals surface area contributed by atoms with Gasteiger partial charge in [0.2, 0.25) is 0 Å². The van der Waals surface area contributed by atoms with Crippen LogP contribution in [-0.4, -0.2) is 76.6 Å². The van der Waals surface area contributed by atoms with Crippen LogP contribution in [0.15, 0.2) is 23.2 Å². The van der Waals surface area contributed by atoms with E-state index in [1.165, 1.54) is 31.4 Å². The third kappa shape index (κ3) is 7.85. The number of benzene rings is 1. The molecule has 1 aromatic carbocycles. The summed E-state index contributed by atoms with van der Waals surface area (Å²) in [6.45, 7) is 11.8. The number of piperidine rings is 1. The SMILES string of the molecule is CCNC(=NCCCc1ccc(OC)c(OCC)c1)NC1CCN(CC2CCOC2)CC1. The molecule has 2 fully saturated rings. The molecule has 7 nitrogen and oxygen atoms in total. The lowest BCUT2D eigenvalue weighted by Crippen LogP contribution is -2.49. The first kappa shape index (κ1) is 24.6. The zero-order valence-electron chi connectivity index (χ0n) is 20.2. The van der Waals surface area contributed by atoms with Crippen molar-refractivity contribution in [3.05, 3.63) is 23.8 Å². The van der Waals surface area contributed by atoms with E-state index >= 15 is 0 Å². The summed E-state index contributed by atoms with van der Waals surface area (Å²) >= 11 is 0. The van der Waals surface area contributed by atoms with Crippen molar-refractivity contribution in [3.63, 3.8) is 0 Å². The van der Waals surface area contributed by atoms with Crippen LogP contribution in [0.25, 0.3) is 0 Å². The van der Waals surface area contributed by atoms with E-state index < -0.39 is 0 Å². The molecule has 0 bridgehead atoms. The van der Waals surface area contributed by atoms with E-state index in [1.807, 2.05) is 13.0 Å². The summed E-state index contributed by atoms with van der Waals surface area (Å²) < 4.78 is 16.6. The van der Waals surface area contributed by atoms with Crippen molar-refractivity contribution in [2.75, 3.05) is 59.7 Å². The maximum Gasteiger partial charge on any atom is 0.191 e. The summed E-state index contributed by atoms with van der Waals surface area (Å²) in [5, 5.41) is 7.07. The molecule has 3 rings (SSSR count). The van der Waals surface area contributed by atoms with Gasteiger partial charge in [-0.1, -0.05) is 6.07 Å². The number of guanidine groups is 1. The van der Waals surface area contributed by atoms with Crippen LogP contribution in [0.3, 0.4) is 0 Å². The Balaban J connectivity index is 1.41. The predicted octanol–water partition coefficient (Wildman–Crippen LogP) is 3.08. The Hall–Kier alpha value is -1.99. The number of rotatable bonds is 11. The van der Waals surface area contributed by atoms with Crippen molar-refractivity contribution in [1.29, 1.82) is 0 Å². The molecule has 7 heteroatoms. The monoisotopic (exact) mass is 446 g/mol. The van der Waals surface area contributed by atoms with Crippen molar-refractivity contribution in [2.45, 2.75) is 52.0 Å². The number of aryl methyl sites for hydroxylation is 1. The normalized spacial score (nSPS) is 20.3. The molecule has 2 heterocycles. The lowest BCUT2D eigenvalue weighted by molar-refractivity contribution is 0.150. The van der Waals surface area contributed by atoms with Crippen molar-refractivity contribution >= 4 is 5.96 Å². The molecular formula is C25H42N4O3. The quantitative estimate of drug-likeness (QED) is 0.309. The van der Waals surface area contributed by atoms with Gasteiger partial charge in [-0.15, -0.1) is 0 Å². The highest BCUT2D eigenvalue weighted by molar-refractivity contribution is 5.80. The Labute approximate surface area is 193 Å². The van der Waals surface area contributed by atoms with Gasteiger partial charge in [-0.25, -0.2) is 0 Å². The van der Waals surface area contributed by atoms with Crippen LogP contribution in [-0.2, 0) is 11.2 Å². The van der Waals surface area contributed by atoms with Gasteiger partial charge in [0, 0.05) is 45.4 Å². The van der Waals surface area contributed by atoms with Crippen molar-refractivity contribution in [3.8, 4) is 11.5 Å². The molecule has 2 saturated heterocycles. The molecule has 1 aromatic rings. The summed E-state index contributed by atoms with van der Waals surface area (Å²) in [5.74, 6) is 3.28. The van der Waals surface area contributed by atoms with E-state index in [9.17, 15) is 0 Å². The number of likely N-dealkylation sites (tertiary alicyclic amines) is 1. The van der Waals surface area contributed by atoms with Crippen LogP contribution in [0, 0.1) is 5.92 Å². The highest BCUT2D eigenvalue weighted by Crippen LogP contribution is 2.28. The second-order valence-electron chi connectivity index (χ2n) is 8.73. The van der Waals surface area contributed by atoms with Crippen LogP contribution in [0.2, 0.25) is 0 Å². The summed E-state index contributed by atoms with van der Waals surface area (Å²) in [4.78, 5) is 7.43. The molecule has 0 aliphatic carbocycles. The lowest BCUT2D eigenvalue weighted by atomic mass is 10.0. The minimum absolute atomic E-state index is 0.499. The molecule has 1 atom stereocenters. The van der Waals surface area contributed by atoms with Gasteiger partial charge < -0.3 is 29.7 Å². The van der Waals surface area contributed by atoms with E-state index in [0.717, 1.165) is 75.6 Å². The summed E-state index contributed by atoms with van der Waals surface area (Å²) in [5.41, 5.74) is 1.25. The standard InChI is InChI=1S/C25H42N4O3/c1-4-26-25(28-22-10-14-29(15-11-22)18-21-12-16-31-19-21)27-13-6-7-20-8-9-23(30-3)24(17-20)32-5-2/h8-9,17,21-22H,4-7,10-16,18-19H2,1-3H3,(H2,26,27,28). The lowest BCUT2D eigenvalue weighted by Gasteiger charge is -2.34. The molecule has 2 aliphatic rings. The van der Waals surface area contributed by atoms with Gasteiger partial charge in [0.25, 0.3) is 0 Å². The fourth-order valence-corrected chi connectivity index (χ4v) is 4.48. The summed E-state index contributed by atoms with van der Waals surface area (Å²) in [6, 6.07) is 6.68. The molecule has 0 amide bonds. The van der Waals surface area contributed by atoms with Gasteiger partial charge >= 0.3 is 0 Å². The molecule has 0 spiro atoms. The van der Waals surface area contributed by atoms with Gasteiger partial charge in [0.05, 0.1) is 20.3 Å². The Bertz CT molecular complexity index is 698. The second-order valence-corrected chi connectivity index (χ2v) is 8.73. The highest BCUT2D eigenvalue weighted by atomic mass is 16.5. The van der Waals surface area contributed by atoms with Crippen LogP contribution >= 0.6 is 0 Å². The predicted molar refractivity (Wildman–Crippen MR) is 130 cm³/mol. The van der Waals surface area contributed by atoms with E-state index in [0.29, 0.717) is 12.6 Å². The largest absolute Gasteiger partial charge is 0.493 e. The Morgan fingerprint density at radius 2 is 2.03 bits per heavy atom. The number of nitrogens with one attached hydrogen (secondary N) is 2. The molecular weight excluding hydrogens is 404 g/mol. The van der Waals surface area contributed by atoms with Crippen molar-refractivity contribution in [2.24, 2.45) is 10.9 Å². The molecule has 0 aromatic heterocycles. The van der Waals surface area contributed by atoms with Crippen molar-refractivity contribution < 1.29 is 14.2 Å². The average molecular weight is 447 g/mol. The topological polar surface area (TPSA) is 67.4 Å². The molecule has 32 heavy (non-hydrogen) atoms. The Morgan fingerprint density at radius 3 is 2.72 bits per heavy atom. The fraction of sp³-hybridized carbons (Fsp3) is 0.720. The molecule has 2 N–H and O–H groups in total. The maximum absolute atomic E-state index is 5.69. The molecule has 1 unspecified atom stereocenters. The van der Waals surface area contributed by atoms with Gasteiger partial charge in [-0.05, 0) is 69.6 Å². The Kier molecular flexibility index (Phi) is 10.4. The zero-order chi connectivity index (χ0) is 22.6. The second kappa shape index (κ2) is 13.5. The molecule has 0 saturated carbocycles. The fourth-order valence-electron chi connectivity index (χ4n) is 4.48. The first-order valence-electron chi connectivity index (χ1n) is 12.4. The number of methoxy groups -OCH3 is 1. The first-order valence-corrected chi connectivity index (χ1v) is 12.4. The third-order valence-corrected chi connectivity index (χ3v) is 6.23.